The van der Waals surface area contributed by atoms with Gasteiger partial charge in [-0.05, 0) is 30.9 Å². The molecule has 0 unspecified atom stereocenters. The average molecular weight is 257 g/mol. The van der Waals surface area contributed by atoms with E-state index in [2.05, 4.69) is 10.4 Å². The monoisotopic (exact) mass is 257 g/mol. The van der Waals surface area contributed by atoms with E-state index in [9.17, 15) is 4.79 Å². The normalized spacial score (nSPS) is 14.3. The van der Waals surface area contributed by atoms with E-state index < -0.39 is 5.97 Å². The number of hydrogen-bond acceptors (Lipinski definition) is 3. The van der Waals surface area contributed by atoms with Gasteiger partial charge in [0, 0.05) is 12.6 Å². The van der Waals surface area contributed by atoms with Gasteiger partial charge in [0.1, 0.15) is 5.82 Å². The van der Waals surface area contributed by atoms with Crippen molar-refractivity contribution in [3.63, 3.8) is 0 Å². The Labute approximate surface area is 110 Å². The molecule has 3 rings (SSSR count). The summed E-state index contributed by atoms with van der Waals surface area (Å²) in [5.74, 6) is 0.437. The van der Waals surface area contributed by atoms with Gasteiger partial charge in [-0.15, -0.1) is 0 Å². The maximum absolute atomic E-state index is 11.0. The summed E-state index contributed by atoms with van der Waals surface area (Å²) in [6, 6.07) is 11.1. The van der Waals surface area contributed by atoms with Crippen LogP contribution in [0, 0.1) is 5.92 Å². The lowest BCUT2D eigenvalue weighted by molar-refractivity contribution is 0.0690. The fourth-order valence-corrected chi connectivity index (χ4v) is 1.95. The van der Waals surface area contributed by atoms with Crippen LogP contribution in [0.1, 0.15) is 23.3 Å². The van der Waals surface area contributed by atoms with Crippen LogP contribution in [0.15, 0.2) is 36.4 Å². The van der Waals surface area contributed by atoms with Crippen molar-refractivity contribution in [2.75, 3.05) is 11.9 Å². The summed E-state index contributed by atoms with van der Waals surface area (Å²) >= 11 is 0. The molecule has 1 heterocycles. The fraction of sp³-hybridized carbons (Fsp3) is 0.286. The first kappa shape index (κ1) is 11.8. The van der Waals surface area contributed by atoms with E-state index in [1.807, 2.05) is 30.3 Å². The molecule has 0 amide bonds. The number of rotatable bonds is 5. The number of carboxylic acids is 1. The molecule has 0 bridgehead atoms. The standard InChI is InChI=1S/C14H15N3O2/c18-14(19)12-8-13(15-9-10-6-7-10)17(16-12)11-4-2-1-3-5-11/h1-5,8,10,15H,6-7,9H2,(H,18,19). The van der Waals surface area contributed by atoms with Crippen LogP contribution in [0.4, 0.5) is 5.82 Å². The first-order chi connectivity index (χ1) is 9.24. The van der Waals surface area contributed by atoms with Gasteiger partial charge in [-0.1, -0.05) is 18.2 Å². The van der Waals surface area contributed by atoms with Crippen molar-refractivity contribution in [2.45, 2.75) is 12.8 Å². The number of nitrogens with one attached hydrogen (secondary N) is 1. The molecule has 5 heteroatoms. The zero-order valence-electron chi connectivity index (χ0n) is 10.4. The van der Waals surface area contributed by atoms with Gasteiger partial charge in [0.15, 0.2) is 5.69 Å². The van der Waals surface area contributed by atoms with Crippen LogP contribution in [0.25, 0.3) is 5.69 Å². The summed E-state index contributed by atoms with van der Waals surface area (Å²) in [5.41, 5.74) is 0.912. The Balaban J connectivity index is 1.92. The number of aromatic carboxylic acids is 1. The van der Waals surface area contributed by atoms with Gasteiger partial charge >= 0.3 is 5.97 Å². The number of anilines is 1. The largest absolute Gasteiger partial charge is 0.476 e. The second-order valence-electron chi connectivity index (χ2n) is 4.79. The Hall–Kier alpha value is -2.30. The predicted octanol–water partition coefficient (Wildman–Crippen LogP) is 2.39. The second kappa shape index (κ2) is 4.76. The van der Waals surface area contributed by atoms with Gasteiger partial charge in [-0.25, -0.2) is 9.48 Å². The highest BCUT2D eigenvalue weighted by Gasteiger charge is 2.22. The highest BCUT2D eigenvalue weighted by molar-refractivity contribution is 5.86. The SMILES string of the molecule is O=C(O)c1cc(NCC2CC2)n(-c2ccccc2)n1. The fourth-order valence-electron chi connectivity index (χ4n) is 1.95. The molecule has 5 nitrogen and oxygen atoms in total. The van der Waals surface area contributed by atoms with Gasteiger partial charge < -0.3 is 10.4 Å². The number of benzene rings is 1. The molecular weight excluding hydrogens is 242 g/mol. The maximum atomic E-state index is 11.0. The van der Waals surface area contributed by atoms with E-state index in [1.165, 1.54) is 12.8 Å². The topological polar surface area (TPSA) is 67.2 Å². The van der Waals surface area contributed by atoms with Gasteiger partial charge in [-0.2, -0.15) is 5.10 Å². The first-order valence-corrected chi connectivity index (χ1v) is 6.36. The molecule has 0 spiro atoms. The summed E-state index contributed by atoms with van der Waals surface area (Å²) in [4.78, 5) is 11.0. The third-order valence-electron chi connectivity index (χ3n) is 3.20. The summed E-state index contributed by atoms with van der Waals surface area (Å²) in [6.45, 7) is 0.873. The van der Waals surface area contributed by atoms with Crippen molar-refractivity contribution in [2.24, 2.45) is 5.92 Å². The molecule has 1 aliphatic carbocycles. The maximum Gasteiger partial charge on any atom is 0.356 e. The third-order valence-corrected chi connectivity index (χ3v) is 3.20. The Morgan fingerprint density at radius 1 is 1.37 bits per heavy atom. The minimum Gasteiger partial charge on any atom is -0.476 e. The Bertz CT molecular complexity index is 588. The molecule has 1 aromatic carbocycles. The van der Waals surface area contributed by atoms with Crippen molar-refractivity contribution in [1.82, 2.24) is 9.78 Å². The number of carbonyl (C=O) groups is 1. The van der Waals surface area contributed by atoms with Crippen LogP contribution in [0.5, 0.6) is 0 Å². The molecule has 98 valence electrons. The van der Waals surface area contributed by atoms with E-state index in [0.29, 0.717) is 5.92 Å². The van der Waals surface area contributed by atoms with E-state index >= 15 is 0 Å². The zero-order valence-corrected chi connectivity index (χ0v) is 10.4. The second-order valence-corrected chi connectivity index (χ2v) is 4.79. The van der Waals surface area contributed by atoms with E-state index in [1.54, 1.807) is 10.7 Å². The Kier molecular flexibility index (Phi) is 2.95. The lowest BCUT2D eigenvalue weighted by Gasteiger charge is -2.08. The number of aromatic nitrogens is 2. The average Bonchev–Trinajstić information content (AvgIpc) is 3.15. The molecule has 2 N–H and O–H groups in total. The lowest BCUT2D eigenvalue weighted by Crippen LogP contribution is -2.09. The molecular formula is C14H15N3O2. The zero-order chi connectivity index (χ0) is 13.2. The molecule has 1 saturated carbocycles. The van der Waals surface area contributed by atoms with Crippen LogP contribution >= 0.6 is 0 Å². The minimum absolute atomic E-state index is 0.0575. The number of nitrogens with zero attached hydrogens (tertiary/aromatic N) is 2. The molecule has 0 radical (unpaired) electrons. The summed E-state index contributed by atoms with van der Waals surface area (Å²) < 4.78 is 1.64. The first-order valence-electron chi connectivity index (χ1n) is 6.36. The highest BCUT2D eigenvalue weighted by atomic mass is 16.4. The van der Waals surface area contributed by atoms with Crippen molar-refractivity contribution in [3.8, 4) is 5.69 Å². The van der Waals surface area contributed by atoms with Crippen molar-refractivity contribution in [3.05, 3.63) is 42.1 Å². The van der Waals surface area contributed by atoms with Crippen molar-refractivity contribution in [1.29, 1.82) is 0 Å². The minimum atomic E-state index is -1.01. The lowest BCUT2D eigenvalue weighted by atomic mass is 10.3. The molecule has 1 fully saturated rings. The molecule has 0 atom stereocenters. The molecule has 1 aliphatic rings. The highest BCUT2D eigenvalue weighted by Crippen LogP contribution is 2.29. The van der Waals surface area contributed by atoms with Crippen molar-refractivity contribution >= 4 is 11.8 Å². The quantitative estimate of drug-likeness (QED) is 0.863. The van der Waals surface area contributed by atoms with Crippen LogP contribution in [-0.4, -0.2) is 27.4 Å². The smallest absolute Gasteiger partial charge is 0.356 e. The number of hydrogen-bond donors (Lipinski definition) is 2. The Morgan fingerprint density at radius 3 is 2.74 bits per heavy atom. The number of para-hydroxylation sites is 1. The number of carboxylic acid groups (broad SMARTS) is 1. The molecule has 0 saturated heterocycles. The summed E-state index contributed by atoms with van der Waals surface area (Å²) in [7, 11) is 0. The predicted molar refractivity (Wildman–Crippen MR) is 71.7 cm³/mol. The van der Waals surface area contributed by atoms with Gasteiger partial charge in [-0.3, -0.25) is 0 Å². The molecule has 0 aliphatic heterocycles. The summed E-state index contributed by atoms with van der Waals surface area (Å²) in [5, 5.41) is 16.5. The van der Waals surface area contributed by atoms with E-state index in [4.69, 9.17) is 5.11 Å². The van der Waals surface area contributed by atoms with Gasteiger partial charge in [0.05, 0.1) is 5.69 Å². The molecule has 1 aromatic heterocycles. The van der Waals surface area contributed by atoms with Gasteiger partial charge in [0.25, 0.3) is 0 Å². The summed E-state index contributed by atoms with van der Waals surface area (Å²) in [6.07, 6.45) is 2.50. The molecule has 19 heavy (non-hydrogen) atoms. The third kappa shape index (κ3) is 2.59. The van der Waals surface area contributed by atoms with Crippen LogP contribution in [0.2, 0.25) is 0 Å². The Morgan fingerprint density at radius 2 is 2.11 bits per heavy atom. The van der Waals surface area contributed by atoms with E-state index in [0.717, 1.165) is 18.1 Å². The van der Waals surface area contributed by atoms with Crippen LogP contribution in [-0.2, 0) is 0 Å². The van der Waals surface area contributed by atoms with Crippen molar-refractivity contribution < 1.29 is 9.90 Å². The van der Waals surface area contributed by atoms with E-state index in [-0.39, 0.29) is 5.69 Å². The van der Waals surface area contributed by atoms with Crippen LogP contribution in [0.3, 0.4) is 0 Å². The molecule has 2 aromatic rings. The van der Waals surface area contributed by atoms with Gasteiger partial charge in [0.2, 0.25) is 0 Å². The van der Waals surface area contributed by atoms with Crippen LogP contribution < -0.4 is 5.32 Å².